The summed E-state index contributed by atoms with van der Waals surface area (Å²) in [4.78, 5) is 11.5. The van der Waals surface area contributed by atoms with Crippen molar-refractivity contribution in [2.24, 2.45) is 7.05 Å². The van der Waals surface area contributed by atoms with Crippen LogP contribution in [0.3, 0.4) is 0 Å². The lowest BCUT2D eigenvalue weighted by atomic mass is 10.2. The SMILES string of the molecule is CC(C)n1cnnc1-c1ccn(C)c(=O)c1. The summed E-state index contributed by atoms with van der Waals surface area (Å²) in [5.74, 6) is 0.729. The first-order valence-electron chi connectivity index (χ1n) is 5.16. The number of hydrogen-bond acceptors (Lipinski definition) is 3. The summed E-state index contributed by atoms with van der Waals surface area (Å²) in [6.07, 6.45) is 3.41. The largest absolute Gasteiger partial charge is 0.319 e. The van der Waals surface area contributed by atoms with Gasteiger partial charge in [-0.1, -0.05) is 0 Å². The number of rotatable bonds is 2. The van der Waals surface area contributed by atoms with Crippen molar-refractivity contribution in [3.63, 3.8) is 0 Å². The lowest BCUT2D eigenvalue weighted by Crippen LogP contribution is -2.15. The highest BCUT2D eigenvalue weighted by Gasteiger charge is 2.10. The summed E-state index contributed by atoms with van der Waals surface area (Å²) in [5, 5.41) is 7.92. The van der Waals surface area contributed by atoms with Gasteiger partial charge in [-0.2, -0.15) is 0 Å². The first kappa shape index (κ1) is 10.6. The molecule has 5 nitrogen and oxygen atoms in total. The fourth-order valence-corrected chi connectivity index (χ4v) is 1.51. The molecule has 0 radical (unpaired) electrons. The third kappa shape index (κ3) is 1.76. The van der Waals surface area contributed by atoms with Crippen molar-refractivity contribution in [2.75, 3.05) is 0 Å². The van der Waals surface area contributed by atoms with Crippen molar-refractivity contribution in [1.82, 2.24) is 19.3 Å². The van der Waals surface area contributed by atoms with Crippen molar-refractivity contribution in [3.8, 4) is 11.4 Å². The minimum absolute atomic E-state index is 0.0455. The lowest BCUT2D eigenvalue weighted by Gasteiger charge is -2.09. The molecule has 0 N–H and O–H groups in total. The average Bonchev–Trinajstić information content (AvgIpc) is 2.71. The van der Waals surface area contributed by atoms with Gasteiger partial charge in [-0.15, -0.1) is 10.2 Å². The Morgan fingerprint density at radius 3 is 2.75 bits per heavy atom. The molecule has 0 bridgehead atoms. The Bertz CT molecular complexity index is 553. The molecule has 2 aromatic rings. The van der Waals surface area contributed by atoms with Crippen molar-refractivity contribution in [3.05, 3.63) is 35.0 Å². The molecule has 0 aliphatic heterocycles. The molecule has 16 heavy (non-hydrogen) atoms. The monoisotopic (exact) mass is 218 g/mol. The minimum atomic E-state index is -0.0455. The van der Waals surface area contributed by atoms with Crippen LogP contribution < -0.4 is 5.56 Å². The molecular formula is C11H14N4O. The molecule has 5 heteroatoms. The van der Waals surface area contributed by atoms with Crippen molar-refractivity contribution in [1.29, 1.82) is 0 Å². The van der Waals surface area contributed by atoms with Crippen molar-refractivity contribution >= 4 is 0 Å². The zero-order chi connectivity index (χ0) is 11.7. The highest BCUT2D eigenvalue weighted by Crippen LogP contribution is 2.17. The molecule has 0 spiro atoms. The number of pyridine rings is 1. The van der Waals surface area contributed by atoms with E-state index in [2.05, 4.69) is 10.2 Å². The molecule has 84 valence electrons. The molecule has 0 saturated carbocycles. The van der Waals surface area contributed by atoms with Gasteiger partial charge in [0.15, 0.2) is 5.82 Å². The van der Waals surface area contributed by atoms with Crippen LogP contribution in [0.15, 0.2) is 29.5 Å². The summed E-state index contributed by atoms with van der Waals surface area (Å²) < 4.78 is 3.47. The van der Waals surface area contributed by atoms with E-state index in [1.165, 1.54) is 4.57 Å². The van der Waals surface area contributed by atoms with Crippen LogP contribution in [-0.2, 0) is 7.05 Å². The summed E-state index contributed by atoms with van der Waals surface area (Å²) in [7, 11) is 1.72. The second-order valence-corrected chi connectivity index (χ2v) is 4.02. The van der Waals surface area contributed by atoms with E-state index in [4.69, 9.17) is 0 Å². The quantitative estimate of drug-likeness (QED) is 0.761. The Hall–Kier alpha value is -1.91. The lowest BCUT2D eigenvalue weighted by molar-refractivity contribution is 0.604. The Morgan fingerprint density at radius 1 is 1.38 bits per heavy atom. The molecule has 0 atom stereocenters. The van der Waals surface area contributed by atoms with Gasteiger partial charge in [0.2, 0.25) is 0 Å². The highest BCUT2D eigenvalue weighted by atomic mass is 16.1. The fraction of sp³-hybridized carbons (Fsp3) is 0.364. The third-order valence-electron chi connectivity index (χ3n) is 2.49. The van der Waals surface area contributed by atoms with Gasteiger partial charge in [-0.05, 0) is 19.9 Å². The molecule has 2 heterocycles. The summed E-state index contributed by atoms with van der Waals surface area (Å²) in [5.41, 5.74) is 0.755. The number of aryl methyl sites for hydroxylation is 1. The van der Waals surface area contributed by atoms with Gasteiger partial charge in [-0.3, -0.25) is 4.79 Å². The first-order chi connectivity index (χ1) is 7.59. The van der Waals surface area contributed by atoms with Crippen LogP contribution in [0, 0.1) is 0 Å². The van der Waals surface area contributed by atoms with E-state index in [1.54, 1.807) is 25.6 Å². The van der Waals surface area contributed by atoms with E-state index in [9.17, 15) is 4.79 Å². The Morgan fingerprint density at radius 2 is 2.12 bits per heavy atom. The maximum atomic E-state index is 11.5. The predicted octanol–water partition coefficient (Wildman–Crippen LogP) is 1.22. The first-order valence-corrected chi connectivity index (χ1v) is 5.16. The molecule has 0 fully saturated rings. The zero-order valence-electron chi connectivity index (χ0n) is 9.58. The Kier molecular flexibility index (Phi) is 2.60. The number of aromatic nitrogens is 4. The van der Waals surface area contributed by atoms with Crippen molar-refractivity contribution < 1.29 is 0 Å². The second-order valence-electron chi connectivity index (χ2n) is 4.02. The molecule has 0 saturated heterocycles. The van der Waals surface area contributed by atoms with Gasteiger partial charge in [0.1, 0.15) is 6.33 Å². The van der Waals surface area contributed by atoms with Gasteiger partial charge in [0.25, 0.3) is 5.56 Å². The molecule has 0 amide bonds. The molecular weight excluding hydrogens is 204 g/mol. The van der Waals surface area contributed by atoms with E-state index in [-0.39, 0.29) is 11.6 Å². The topological polar surface area (TPSA) is 52.7 Å². The standard InChI is InChI=1S/C11H14N4O/c1-8(2)15-7-12-13-11(15)9-4-5-14(3)10(16)6-9/h4-8H,1-3H3. The molecule has 0 aromatic carbocycles. The summed E-state index contributed by atoms with van der Waals surface area (Å²) in [6.45, 7) is 4.10. The summed E-state index contributed by atoms with van der Waals surface area (Å²) >= 11 is 0. The van der Waals surface area contributed by atoms with Gasteiger partial charge in [0, 0.05) is 30.9 Å². The molecule has 2 aromatic heterocycles. The van der Waals surface area contributed by atoms with Gasteiger partial charge in [0.05, 0.1) is 0 Å². The third-order valence-corrected chi connectivity index (χ3v) is 2.49. The molecule has 2 rings (SSSR count). The van der Waals surface area contributed by atoms with E-state index < -0.39 is 0 Å². The van der Waals surface area contributed by atoms with Gasteiger partial charge in [-0.25, -0.2) is 0 Å². The van der Waals surface area contributed by atoms with Crippen LogP contribution in [0.5, 0.6) is 0 Å². The van der Waals surface area contributed by atoms with Crippen LogP contribution in [0.2, 0.25) is 0 Å². The average molecular weight is 218 g/mol. The van der Waals surface area contributed by atoms with Crippen LogP contribution in [0.25, 0.3) is 11.4 Å². The fourth-order valence-electron chi connectivity index (χ4n) is 1.51. The van der Waals surface area contributed by atoms with E-state index >= 15 is 0 Å². The normalized spacial score (nSPS) is 11.0. The van der Waals surface area contributed by atoms with E-state index in [0.717, 1.165) is 11.4 Å². The maximum Gasteiger partial charge on any atom is 0.250 e. The van der Waals surface area contributed by atoms with Crippen LogP contribution in [-0.4, -0.2) is 19.3 Å². The Labute approximate surface area is 93.4 Å². The molecule has 0 unspecified atom stereocenters. The summed E-state index contributed by atoms with van der Waals surface area (Å²) in [6, 6.07) is 3.71. The van der Waals surface area contributed by atoms with E-state index in [0.29, 0.717) is 0 Å². The van der Waals surface area contributed by atoms with E-state index in [1.807, 2.05) is 24.5 Å². The number of hydrogen-bond donors (Lipinski definition) is 0. The molecule has 0 aliphatic carbocycles. The number of nitrogens with zero attached hydrogens (tertiary/aromatic N) is 4. The zero-order valence-corrected chi connectivity index (χ0v) is 9.58. The molecule has 0 aliphatic rings. The Balaban J connectivity index is 2.55. The van der Waals surface area contributed by atoms with Crippen LogP contribution in [0.4, 0.5) is 0 Å². The maximum absolute atomic E-state index is 11.5. The van der Waals surface area contributed by atoms with Crippen molar-refractivity contribution in [2.45, 2.75) is 19.9 Å². The highest BCUT2D eigenvalue weighted by molar-refractivity contribution is 5.53. The second kappa shape index (κ2) is 3.92. The predicted molar refractivity (Wildman–Crippen MR) is 61.1 cm³/mol. The minimum Gasteiger partial charge on any atom is -0.319 e. The van der Waals surface area contributed by atoms with Gasteiger partial charge < -0.3 is 9.13 Å². The van der Waals surface area contributed by atoms with Crippen LogP contribution in [0.1, 0.15) is 19.9 Å². The van der Waals surface area contributed by atoms with Gasteiger partial charge >= 0.3 is 0 Å². The van der Waals surface area contributed by atoms with Crippen LogP contribution >= 0.6 is 0 Å². The smallest absolute Gasteiger partial charge is 0.250 e.